The summed E-state index contributed by atoms with van der Waals surface area (Å²) in [5.74, 6) is 0.250. The Morgan fingerprint density at radius 3 is 2.62 bits per heavy atom. The Kier molecular flexibility index (Phi) is 4.42. The molecule has 2 aliphatic heterocycles. The fourth-order valence-electron chi connectivity index (χ4n) is 3.45. The summed E-state index contributed by atoms with van der Waals surface area (Å²) in [6.45, 7) is 3.27. The zero-order chi connectivity index (χ0) is 18.1. The molecule has 1 fully saturated rings. The highest BCUT2D eigenvalue weighted by Crippen LogP contribution is 2.21. The van der Waals surface area contributed by atoms with Crippen LogP contribution in [0.2, 0.25) is 0 Å². The molecule has 0 aromatic carbocycles. The second kappa shape index (κ2) is 6.87. The summed E-state index contributed by atoms with van der Waals surface area (Å²) in [6, 6.07) is 5.30. The summed E-state index contributed by atoms with van der Waals surface area (Å²) >= 11 is 0. The lowest BCUT2D eigenvalue weighted by molar-refractivity contribution is 0.0292. The maximum Gasteiger partial charge on any atom is 0.290 e. The molecular weight excluding hydrogens is 334 g/mol. The van der Waals surface area contributed by atoms with Crippen LogP contribution in [0.25, 0.3) is 0 Å². The molecule has 8 nitrogen and oxygen atoms in total. The molecule has 0 atom stereocenters. The number of aromatic nitrogens is 3. The molecule has 2 aromatic heterocycles. The predicted molar refractivity (Wildman–Crippen MR) is 92.6 cm³/mol. The van der Waals surface area contributed by atoms with E-state index in [9.17, 15) is 9.59 Å². The van der Waals surface area contributed by atoms with Crippen LogP contribution in [-0.2, 0) is 24.8 Å². The first-order valence-electron chi connectivity index (χ1n) is 8.77. The van der Waals surface area contributed by atoms with Crippen molar-refractivity contribution in [3.63, 3.8) is 0 Å². The third kappa shape index (κ3) is 2.96. The van der Waals surface area contributed by atoms with Crippen molar-refractivity contribution in [2.75, 3.05) is 32.8 Å². The van der Waals surface area contributed by atoms with Gasteiger partial charge in [-0.1, -0.05) is 6.07 Å². The number of pyridine rings is 1. The Morgan fingerprint density at radius 1 is 1.08 bits per heavy atom. The van der Waals surface area contributed by atoms with Gasteiger partial charge in [-0.05, 0) is 12.1 Å². The molecule has 4 rings (SSSR count). The van der Waals surface area contributed by atoms with E-state index in [1.807, 2.05) is 11.6 Å². The van der Waals surface area contributed by atoms with Gasteiger partial charge in [0.15, 0.2) is 5.82 Å². The number of hydrogen-bond donors (Lipinski definition) is 0. The van der Waals surface area contributed by atoms with Gasteiger partial charge < -0.3 is 19.1 Å². The van der Waals surface area contributed by atoms with Crippen molar-refractivity contribution >= 4 is 11.8 Å². The van der Waals surface area contributed by atoms with Gasteiger partial charge in [0.2, 0.25) is 0 Å². The lowest BCUT2D eigenvalue weighted by Crippen LogP contribution is -2.41. The minimum Gasteiger partial charge on any atom is -0.378 e. The van der Waals surface area contributed by atoms with Crippen molar-refractivity contribution < 1.29 is 14.3 Å². The zero-order valence-electron chi connectivity index (χ0n) is 14.7. The highest BCUT2D eigenvalue weighted by Gasteiger charge is 2.30. The van der Waals surface area contributed by atoms with Gasteiger partial charge in [-0.2, -0.15) is 0 Å². The molecule has 2 amide bonds. The van der Waals surface area contributed by atoms with Gasteiger partial charge in [-0.25, -0.2) is 4.98 Å². The van der Waals surface area contributed by atoms with Crippen molar-refractivity contribution in [2.24, 2.45) is 7.05 Å². The van der Waals surface area contributed by atoms with E-state index in [0.717, 1.165) is 11.4 Å². The summed E-state index contributed by atoms with van der Waals surface area (Å²) < 4.78 is 7.18. The molecule has 4 heterocycles. The Hall–Kier alpha value is -2.74. The van der Waals surface area contributed by atoms with E-state index in [2.05, 4.69) is 9.97 Å². The second-order valence-electron chi connectivity index (χ2n) is 6.48. The molecule has 0 saturated carbocycles. The Balaban J connectivity index is 1.55. The number of ether oxygens (including phenoxy) is 1. The largest absolute Gasteiger partial charge is 0.378 e. The van der Waals surface area contributed by atoms with Crippen molar-refractivity contribution in [1.29, 1.82) is 0 Å². The maximum atomic E-state index is 12.8. The van der Waals surface area contributed by atoms with E-state index in [-0.39, 0.29) is 11.8 Å². The molecule has 0 N–H and O–H groups in total. The van der Waals surface area contributed by atoms with Crippen molar-refractivity contribution in [3.8, 4) is 0 Å². The van der Waals surface area contributed by atoms with Crippen LogP contribution in [0.1, 0.15) is 32.5 Å². The molecule has 26 heavy (non-hydrogen) atoms. The molecule has 0 aliphatic carbocycles. The van der Waals surface area contributed by atoms with Gasteiger partial charge in [-0.3, -0.25) is 14.6 Å². The number of morpholine rings is 1. The minimum atomic E-state index is -0.108. The summed E-state index contributed by atoms with van der Waals surface area (Å²) in [6.07, 6.45) is 2.29. The van der Waals surface area contributed by atoms with Crippen LogP contribution in [0.15, 0.2) is 24.4 Å². The highest BCUT2D eigenvalue weighted by atomic mass is 16.5. The molecule has 0 spiro atoms. The molecule has 0 unspecified atom stereocenters. The number of carbonyl (C=O) groups excluding carboxylic acids is 2. The minimum absolute atomic E-state index is 0.0761. The number of hydrogen-bond acceptors (Lipinski definition) is 5. The molecule has 0 radical (unpaired) electrons. The van der Waals surface area contributed by atoms with Crippen molar-refractivity contribution in [1.82, 2.24) is 24.3 Å². The number of rotatable bonds is 2. The van der Waals surface area contributed by atoms with Crippen LogP contribution < -0.4 is 0 Å². The molecule has 136 valence electrons. The normalized spacial score (nSPS) is 17.1. The van der Waals surface area contributed by atoms with E-state index >= 15 is 0 Å². The summed E-state index contributed by atoms with van der Waals surface area (Å²) in [7, 11) is 1.87. The molecule has 0 bridgehead atoms. The van der Waals surface area contributed by atoms with Crippen LogP contribution in [0.3, 0.4) is 0 Å². The van der Waals surface area contributed by atoms with E-state index in [1.165, 1.54) is 0 Å². The highest BCUT2D eigenvalue weighted by molar-refractivity contribution is 5.93. The van der Waals surface area contributed by atoms with Gasteiger partial charge in [0.05, 0.1) is 25.5 Å². The first-order valence-corrected chi connectivity index (χ1v) is 8.77. The van der Waals surface area contributed by atoms with Crippen molar-refractivity contribution in [3.05, 3.63) is 47.3 Å². The topological polar surface area (TPSA) is 80.6 Å². The average molecular weight is 355 g/mol. The van der Waals surface area contributed by atoms with E-state index in [0.29, 0.717) is 57.3 Å². The molecular formula is C18H21N5O3. The monoisotopic (exact) mass is 355 g/mol. The molecule has 2 aromatic rings. The van der Waals surface area contributed by atoms with Crippen LogP contribution in [0.5, 0.6) is 0 Å². The summed E-state index contributed by atoms with van der Waals surface area (Å²) in [5.41, 5.74) is 2.24. The fraction of sp³-hybridized carbons (Fsp3) is 0.444. The van der Waals surface area contributed by atoms with Crippen LogP contribution in [0.4, 0.5) is 0 Å². The number of carbonyl (C=O) groups is 2. The van der Waals surface area contributed by atoms with Gasteiger partial charge in [-0.15, -0.1) is 0 Å². The Morgan fingerprint density at radius 2 is 1.88 bits per heavy atom. The quantitative estimate of drug-likeness (QED) is 0.783. The van der Waals surface area contributed by atoms with Gasteiger partial charge in [0, 0.05) is 45.0 Å². The molecule has 1 saturated heterocycles. The number of amides is 2. The van der Waals surface area contributed by atoms with E-state index < -0.39 is 0 Å². The Bertz CT molecular complexity index is 827. The number of nitrogens with zero attached hydrogens (tertiary/aromatic N) is 5. The standard InChI is InChI=1S/C18H21N5O3/c1-21-15-5-7-23(17(24)13-4-2-3-6-19-13)12-14(15)20-16(21)18(25)22-8-10-26-11-9-22/h2-4,6H,5,7-12H2,1H3. The predicted octanol–water partition coefficient (Wildman–Crippen LogP) is 0.486. The fourth-order valence-corrected chi connectivity index (χ4v) is 3.45. The van der Waals surface area contributed by atoms with Crippen LogP contribution in [-0.4, -0.2) is 69.0 Å². The first-order chi connectivity index (χ1) is 12.6. The zero-order valence-corrected chi connectivity index (χ0v) is 14.7. The van der Waals surface area contributed by atoms with Gasteiger partial charge in [0.25, 0.3) is 11.8 Å². The van der Waals surface area contributed by atoms with E-state index in [1.54, 1.807) is 34.2 Å². The van der Waals surface area contributed by atoms with Crippen LogP contribution >= 0.6 is 0 Å². The van der Waals surface area contributed by atoms with Crippen molar-refractivity contribution in [2.45, 2.75) is 13.0 Å². The summed E-state index contributed by atoms with van der Waals surface area (Å²) in [4.78, 5) is 37.6. The Labute approximate surface area is 151 Å². The number of imidazole rings is 1. The van der Waals surface area contributed by atoms with Gasteiger partial charge >= 0.3 is 0 Å². The van der Waals surface area contributed by atoms with E-state index in [4.69, 9.17) is 4.74 Å². The maximum absolute atomic E-state index is 12.8. The smallest absolute Gasteiger partial charge is 0.290 e. The SMILES string of the molecule is Cn1c(C(=O)N2CCOCC2)nc2c1CCN(C(=O)c1ccccn1)C2. The molecule has 2 aliphatic rings. The lowest BCUT2D eigenvalue weighted by atomic mass is 10.1. The molecule has 8 heteroatoms. The van der Waals surface area contributed by atoms with Crippen LogP contribution in [0, 0.1) is 0 Å². The first kappa shape index (κ1) is 16.7. The third-order valence-electron chi connectivity index (χ3n) is 4.92. The summed E-state index contributed by atoms with van der Waals surface area (Å²) in [5, 5.41) is 0. The average Bonchev–Trinajstić information content (AvgIpc) is 3.04. The van der Waals surface area contributed by atoms with Gasteiger partial charge in [0.1, 0.15) is 5.69 Å². The second-order valence-corrected chi connectivity index (χ2v) is 6.48. The lowest BCUT2D eigenvalue weighted by Gasteiger charge is -2.27. The number of fused-ring (bicyclic) bond motifs is 1. The third-order valence-corrected chi connectivity index (χ3v) is 4.92.